The summed E-state index contributed by atoms with van der Waals surface area (Å²) in [5.41, 5.74) is 4.82. The van der Waals surface area contributed by atoms with Crippen LogP contribution in [-0.2, 0) is 0 Å². The van der Waals surface area contributed by atoms with Gasteiger partial charge in [-0.1, -0.05) is 0 Å². The first-order valence-electron chi connectivity index (χ1n) is 5.38. The highest BCUT2D eigenvalue weighted by Crippen LogP contribution is 2.33. The monoisotopic (exact) mass is 243 g/mol. The van der Waals surface area contributed by atoms with Crippen LogP contribution < -0.4 is 5.73 Å². The second-order valence-electron chi connectivity index (χ2n) is 4.54. The van der Waals surface area contributed by atoms with Crippen molar-refractivity contribution in [3.8, 4) is 0 Å². The van der Waals surface area contributed by atoms with Crippen LogP contribution in [0.3, 0.4) is 0 Å². The molecule has 0 saturated heterocycles. The molecule has 1 aromatic rings. The van der Waals surface area contributed by atoms with Crippen LogP contribution in [0.15, 0.2) is 12.1 Å². The van der Waals surface area contributed by atoms with Crippen LogP contribution in [0.4, 0.5) is 13.2 Å². The molecule has 0 unspecified atom stereocenters. The van der Waals surface area contributed by atoms with Crippen LogP contribution in [0, 0.1) is 17.5 Å². The van der Waals surface area contributed by atoms with Crippen molar-refractivity contribution in [1.82, 2.24) is 0 Å². The number of rotatable bonds is 3. The number of carbonyl (C=O) groups is 1. The van der Waals surface area contributed by atoms with Gasteiger partial charge in [0.15, 0.2) is 23.2 Å². The Hall–Kier alpha value is -1.36. The van der Waals surface area contributed by atoms with Gasteiger partial charge in [-0.3, -0.25) is 4.79 Å². The number of benzene rings is 1. The number of carbonyl (C=O) groups excluding carboxylic acids is 1. The third-order valence-electron chi connectivity index (χ3n) is 3.20. The van der Waals surface area contributed by atoms with Gasteiger partial charge in [0.05, 0.1) is 5.56 Å². The van der Waals surface area contributed by atoms with Crippen LogP contribution in [0.2, 0.25) is 0 Å². The molecule has 0 radical (unpaired) electrons. The van der Waals surface area contributed by atoms with E-state index in [-0.39, 0.29) is 6.42 Å². The zero-order valence-corrected chi connectivity index (χ0v) is 9.10. The SMILES string of the molecule is NC1(CC(=O)c2ccc(F)c(F)c2F)CCC1. The predicted octanol–water partition coefficient (Wildman–Crippen LogP) is 2.56. The molecule has 2 N–H and O–H groups in total. The first kappa shape index (κ1) is 12.1. The maximum atomic E-state index is 13.3. The molecule has 1 aliphatic rings. The van der Waals surface area contributed by atoms with Gasteiger partial charge >= 0.3 is 0 Å². The van der Waals surface area contributed by atoms with E-state index < -0.39 is 34.3 Å². The van der Waals surface area contributed by atoms with E-state index in [0.717, 1.165) is 18.6 Å². The first-order chi connectivity index (χ1) is 7.93. The van der Waals surface area contributed by atoms with E-state index in [1.54, 1.807) is 0 Å². The molecule has 1 aliphatic carbocycles. The average molecular weight is 243 g/mol. The molecule has 92 valence electrons. The molecule has 0 spiro atoms. The lowest BCUT2D eigenvalue weighted by Crippen LogP contribution is -2.48. The molecule has 0 heterocycles. The Labute approximate surface area is 96.6 Å². The van der Waals surface area contributed by atoms with Gasteiger partial charge in [0.1, 0.15) is 0 Å². The minimum absolute atomic E-state index is 0.0327. The maximum absolute atomic E-state index is 13.3. The van der Waals surface area contributed by atoms with Gasteiger partial charge < -0.3 is 5.73 Å². The zero-order chi connectivity index (χ0) is 12.6. The standard InChI is InChI=1S/C12H12F3NO/c13-8-3-2-7(10(14)11(8)15)9(17)6-12(16)4-1-5-12/h2-3H,1,4-6,16H2. The van der Waals surface area contributed by atoms with Crippen molar-refractivity contribution in [3.05, 3.63) is 35.1 Å². The summed E-state index contributed by atoms with van der Waals surface area (Å²) in [6.07, 6.45) is 2.30. The van der Waals surface area contributed by atoms with Crippen LogP contribution >= 0.6 is 0 Å². The summed E-state index contributed by atoms with van der Waals surface area (Å²) in [5.74, 6) is -4.93. The molecule has 1 fully saturated rings. The third-order valence-corrected chi connectivity index (χ3v) is 3.20. The number of hydrogen-bond donors (Lipinski definition) is 1. The Morgan fingerprint density at radius 1 is 1.24 bits per heavy atom. The highest BCUT2D eigenvalue weighted by molar-refractivity contribution is 5.97. The molecule has 0 aliphatic heterocycles. The van der Waals surface area contributed by atoms with Gasteiger partial charge in [0.25, 0.3) is 0 Å². The van der Waals surface area contributed by atoms with E-state index in [1.165, 1.54) is 0 Å². The van der Waals surface area contributed by atoms with Crippen LogP contribution in [0.25, 0.3) is 0 Å². The lowest BCUT2D eigenvalue weighted by atomic mass is 9.74. The van der Waals surface area contributed by atoms with Gasteiger partial charge in [-0.25, -0.2) is 13.2 Å². The Kier molecular flexibility index (Phi) is 2.95. The normalized spacial score (nSPS) is 17.6. The van der Waals surface area contributed by atoms with Crippen LogP contribution in [-0.4, -0.2) is 11.3 Å². The summed E-state index contributed by atoms with van der Waals surface area (Å²) in [7, 11) is 0. The average Bonchev–Trinajstić information content (AvgIpc) is 2.23. The van der Waals surface area contributed by atoms with E-state index in [1.807, 2.05) is 0 Å². The van der Waals surface area contributed by atoms with Gasteiger partial charge in [-0.2, -0.15) is 0 Å². The van der Waals surface area contributed by atoms with E-state index in [0.29, 0.717) is 12.8 Å². The molecule has 0 bridgehead atoms. The second-order valence-corrected chi connectivity index (χ2v) is 4.54. The predicted molar refractivity (Wildman–Crippen MR) is 56.0 cm³/mol. The minimum atomic E-state index is -1.62. The minimum Gasteiger partial charge on any atom is -0.325 e. The fourth-order valence-corrected chi connectivity index (χ4v) is 1.96. The van der Waals surface area contributed by atoms with Gasteiger partial charge in [0, 0.05) is 12.0 Å². The lowest BCUT2D eigenvalue weighted by Gasteiger charge is -2.37. The topological polar surface area (TPSA) is 43.1 Å². The summed E-state index contributed by atoms with van der Waals surface area (Å²) in [4.78, 5) is 11.7. The Bertz CT molecular complexity index is 469. The summed E-state index contributed by atoms with van der Waals surface area (Å²) in [6.45, 7) is 0. The van der Waals surface area contributed by atoms with E-state index in [9.17, 15) is 18.0 Å². The number of halogens is 3. The lowest BCUT2D eigenvalue weighted by molar-refractivity contribution is 0.0907. The van der Waals surface area contributed by atoms with Crippen molar-refractivity contribution in [2.24, 2.45) is 5.73 Å². The smallest absolute Gasteiger partial charge is 0.195 e. The maximum Gasteiger partial charge on any atom is 0.195 e. The Morgan fingerprint density at radius 2 is 1.88 bits per heavy atom. The van der Waals surface area contributed by atoms with Crippen molar-refractivity contribution in [2.75, 3.05) is 0 Å². The molecule has 1 aromatic carbocycles. The van der Waals surface area contributed by atoms with Crippen molar-refractivity contribution >= 4 is 5.78 Å². The van der Waals surface area contributed by atoms with Crippen LogP contribution in [0.5, 0.6) is 0 Å². The molecule has 1 saturated carbocycles. The Morgan fingerprint density at radius 3 is 2.41 bits per heavy atom. The molecule has 2 rings (SSSR count). The van der Waals surface area contributed by atoms with Crippen LogP contribution in [0.1, 0.15) is 36.0 Å². The molecular formula is C12H12F3NO. The highest BCUT2D eigenvalue weighted by Gasteiger charge is 2.35. The largest absolute Gasteiger partial charge is 0.325 e. The fraction of sp³-hybridized carbons (Fsp3) is 0.417. The second kappa shape index (κ2) is 4.14. The third kappa shape index (κ3) is 2.20. The van der Waals surface area contributed by atoms with E-state index in [4.69, 9.17) is 5.73 Å². The van der Waals surface area contributed by atoms with Gasteiger partial charge in [0.2, 0.25) is 0 Å². The van der Waals surface area contributed by atoms with Crippen molar-refractivity contribution in [2.45, 2.75) is 31.2 Å². The molecule has 5 heteroatoms. The first-order valence-corrected chi connectivity index (χ1v) is 5.38. The molecular weight excluding hydrogens is 231 g/mol. The molecule has 0 amide bonds. The van der Waals surface area contributed by atoms with Crippen molar-refractivity contribution in [1.29, 1.82) is 0 Å². The molecule has 0 atom stereocenters. The van der Waals surface area contributed by atoms with Crippen molar-refractivity contribution < 1.29 is 18.0 Å². The Balaban J connectivity index is 2.22. The van der Waals surface area contributed by atoms with E-state index in [2.05, 4.69) is 0 Å². The summed E-state index contributed by atoms with van der Waals surface area (Å²) in [6, 6.07) is 1.70. The fourth-order valence-electron chi connectivity index (χ4n) is 1.96. The molecule has 2 nitrogen and oxygen atoms in total. The summed E-state index contributed by atoms with van der Waals surface area (Å²) in [5, 5.41) is 0. The van der Waals surface area contributed by atoms with Gasteiger partial charge in [-0.15, -0.1) is 0 Å². The van der Waals surface area contributed by atoms with E-state index >= 15 is 0 Å². The number of nitrogens with two attached hydrogens (primary N) is 1. The summed E-state index contributed by atoms with van der Waals surface area (Å²) >= 11 is 0. The number of Topliss-reactive ketones (excluding diaryl/α,β-unsaturated/α-hetero) is 1. The molecule has 0 aromatic heterocycles. The number of hydrogen-bond acceptors (Lipinski definition) is 2. The zero-order valence-electron chi connectivity index (χ0n) is 9.10. The number of ketones is 1. The molecule has 17 heavy (non-hydrogen) atoms. The van der Waals surface area contributed by atoms with Crippen molar-refractivity contribution in [3.63, 3.8) is 0 Å². The van der Waals surface area contributed by atoms with Gasteiger partial charge in [-0.05, 0) is 31.4 Å². The highest BCUT2D eigenvalue weighted by atomic mass is 19.2. The summed E-state index contributed by atoms with van der Waals surface area (Å²) < 4.78 is 39.0. The quantitative estimate of drug-likeness (QED) is 0.655.